The molecule has 4 nitrogen and oxygen atoms in total. The molecule has 16 heavy (non-hydrogen) atoms. The Balaban J connectivity index is 2.29. The summed E-state index contributed by atoms with van der Waals surface area (Å²) in [6.07, 6.45) is 2.13. The molecule has 0 atom stereocenters. The zero-order valence-corrected chi connectivity index (χ0v) is 8.83. The molecule has 3 N–H and O–H groups in total. The molecule has 0 spiro atoms. The van der Waals surface area contributed by atoms with E-state index in [2.05, 4.69) is 9.97 Å². The summed E-state index contributed by atoms with van der Waals surface area (Å²) in [7, 11) is 1.55. The Labute approximate surface area is 92.3 Å². The van der Waals surface area contributed by atoms with Gasteiger partial charge in [-0.1, -0.05) is 0 Å². The van der Waals surface area contributed by atoms with Crippen LogP contribution >= 0.6 is 0 Å². The number of hydrogen-bond donors (Lipinski definition) is 2. The highest BCUT2D eigenvalue weighted by atomic mass is 19.1. The molecule has 0 aliphatic carbocycles. The van der Waals surface area contributed by atoms with Crippen molar-refractivity contribution in [2.45, 2.75) is 6.42 Å². The van der Waals surface area contributed by atoms with E-state index >= 15 is 0 Å². The van der Waals surface area contributed by atoms with E-state index in [-0.39, 0.29) is 5.82 Å². The maximum atomic E-state index is 13.1. The number of aromatic nitrogens is 2. The number of nitrogens with zero attached hydrogens (tertiary/aromatic N) is 1. The molecule has 1 heterocycles. The smallest absolute Gasteiger partial charge is 0.197 e. The maximum Gasteiger partial charge on any atom is 0.197 e. The Morgan fingerprint density at radius 1 is 1.50 bits per heavy atom. The average molecular weight is 221 g/mol. The number of nitrogen functional groups attached to an aromatic ring is 1. The molecule has 84 valence electrons. The molecular weight excluding hydrogens is 209 g/mol. The van der Waals surface area contributed by atoms with Crippen molar-refractivity contribution in [3.8, 4) is 5.75 Å². The topological polar surface area (TPSA) is 63.9 Å². The Bertz CT molecular complexity index is 496. The van der Waals surface area contributed by atoms with Crippen molar-refractivity contribution in [1.29, 1.82) is 0 Å². The van der Waals surface area contributed by atoms with Crippen LogP contribution in [0.1, 0.15) is 11.3 Å². The van der Waals surface area contributed by atoms with Gasteiger partial charge in [0.25, 0.3) is 0 Å². The van der Waals surface area contributed by atoms with Crippen LogP contribution in [0.4, 0.5) is 10.3 Å². The molecule has 2 aromatic rings. The minimum Gasteiger partial charge on any atom is -0.496 e. The maximum absolute atomic E-state index is 13.1. The van der Waals surface area contributed by atoms with E-state index in [1.807, 2.05) is 0 Å². The first kappa shape index (κ1) is 10.5. The monoisotopic (exact) mass is 221 g/mol. The number of anilines is 1. The van der Waals surface area contributed by atoms with Gasteiger partial charge in [-0.25, -0.2) is 9.37 Å². The van der Waals surface area contributed by atoms with E-state index in [9.17, 15) is 4.39 Å². The Kier molecular flexibility index (Phi) is 2.76. The van der Waals surface area contributed by atoms with Crippen LogP contribution in [0.3, 0.4) is 0 Å². The first-order valence-electron chi connectivity index (χ1n) is 4.81. The second-order valence-corrected chi connectivity index (χ2v) is 3.43. The SMILES string of the molecule is COc1ccc(F)cc1Cc1cnc(N)[nH]1. The van der Waals surface area contributed by atoms with Crippen LogP contribution in [0, 0.1) is 5.82 Å². The first-order chi connectivity index (χ1) is 7.69. The molecule has 0 radical (unpaired) electrons. The summed E-state index contributed by atoms with van der Waals surface area (Å²) in [5.41, 5.74) is 7.04. The van der Waals surface area contributed by atoms with Gasteiger partial charge >= 0.3 is 0 Å². The fraction of sp³-hybridized carbons (Fsp3) is 0.182. The van der Waals surface area contributed by atoms with Gasteiger partial charge in [-0.3, -0.25) is 0 Å². The molecule has 1 aromatic carbocycles. The van der Waals surface area contributed by atoms with Gasteiger partial charge in [-0.2, -0.15) is 0 Å². The van der Waals surface area contributed by atoms with Gasteiger partial charge in [-0.15, -0.1) is 0 Å². The van der Waals surface area contributed by atoms with Crippen LogP contribution in [0.2, 0.25) is 0 Å². The molecule has 0 bridgehead atoms. The molecule has 0 aliphatic rings. The van der Waals surface area contributed by atoms with E-state index in [0.717, 1.165) is 11.3 Å². The van der Waals surface area contributed by atoms with E-state index in [4.69, 9.17) is 10.5 Å². The van der Waals surface area contributed by atoms with Gasteiger partial charge in [0, 0.05) is 17.7 Å². The summed E-state index contributed by atoms with van der Waals surface area (Å²) in [6, 6.07) is 4.41. The molecular formula is C11H12FN3O. The van der Waals surface area contributed by atoms with Gasteiger partial charge in [0.2, 0.25) is 0 Å². The van der Waals surface area contributed by atoms with Crippen molar-refractivity contribution in [2.24, 2.45) is 0 Å². The van der Waals surface area contributed by atoms with E-state index in [1.54, 1.807) is 19.4 Å². The zero-order valence-electron chi connectivity index (χ0n) is 8.83. The molecule has 0 unspecified atom stereocenters. The van der Waals surface area contributed by atoms with Gasteiger partial charge in [0.15, 0.2) is 5.95 Å². The third kappa shape index (κ3) is 2.13. The van der Waals surface area contributed by atoms with Gasteiger partial charge in [-0.05, 0) is 18.2 Å². The first-order valence-corrected chi connectivity index (χ1v) is 4.81. The van der Waals surface area contributed by atoms with Crippen LogP contribution in [0.25, 0.3) is 0 Å². The number of imidazole rings is 1. The highest BCUT2D eigenvalue weighted by Crippen LogP contribution is 2.21. The second kappa shape index (κ2) is 4.22. The second-order valence-electron chi connectivity index (χ2n) is 3.43. The van der Waals surface area contributed by atoms with E-state index < -0.39 is 0 Å². The predicted molar refractivity (Wildman–Crippen MR) is 58.8 cm³/mol. The van der Waals surface area contributed by atoms with Crippen molar-refractivity contribution >= 4 is 5.95 Å². The van der Waals surface area contributed by atoms with Crippen molar-refractivity contribution in [1.82, 2.24) is 9.97 Å². The normalized spacial score (nSPS) is 10.4. The molecule has 0 aliphatic heterocycles. The number of aromatic amines is 1. The van der Waals surface area contributed by atoms with Crippen LogP contribution in [-0.2, 0) is 6.42 Å². The van der Waals surface area contributed by atoms with Crippen LogP contribution in [-0.4, -0.2) is 17.1 Å². The minimum atomic E-state index is -0.289. The van der Waals surface area contributed by atoms with Crippen LogP contribution in [0.5, 0.6) is 5.75 Å². The summed E-state index contributed by atoms with van der Waals surface area (Å²) in [5.74, 6) is 0.711. The molecule has 1 aromatic heterocycles. The average Bonchev–Trinajstić information content (AvgIpc) is 2.64. The standard InChI is InChI=1S/C11H12FN3O/c1-16-10-3-2-8(12)4-7(10)5-9-6-14-11(13)15-9/h2-4,6H,5H2,1H3,(H3,13,14,15). The third-order valence-electron chi connectivity index (χ3n) is 2.27. The van der Waals surface area contributed by atoms with Crippen molar-refractivity contribution in [3.05, 3.63) is 41.5 Å². The summed E-state index contributed by atoms with van der Waals surface area (Å²) >= 11 is 0. The molecule has 0 fully saturated rings. The molecule has 2 rings (SSSR count). The largest absolute Gasteiger partial charge is 0.496 e. The van der Waals surface area contributed by atoms with Gasteiger partial charge < -0.3 is 15.5 Å². The van der Waals surface area contributed by atoms with Crippen molar-refractivity contribution in [2.75, 3.05) is 12.8 Å². The van der Waals surface area contributed by atoms with Crippen molar-refractivity contribution in [3.63, 3.8) is 0 Å². The summed E-state index contributed by atoms with van der Waals surface area (Å²) < 4.78 is 18.2. The van der Waals surface area contributed by atoms with Crippen LogP contribution < -0.4 is 10.5 Å². The van der Waals surface area contributed by atoms with Crippen molar-refractivity contribution < 1.29 is 9.13 Å². The molecule has 0 saturated heterocycles. The Morgan fingerprint density at radius 3 is 2.94 bits per heavy atom. The fourth-order valence-electron chi connectivity index (χ4n) is 1.56. The number of hydrogen-bond acceptors (Lipinski definition) is 3. The molecule has 0 saturated carbocycles. The highest BCUT2D eigenvalue weighted by molar-refractivity contribution is 5.37. The predicted octanol–water partition coefficient (Wildman–Crippen LogP) is 1.73. The number of H-pyrrole nitrogens is 1. The summed E-state index contributed by atoms with van der Waals surface area (Å²) in [5, 5.41) is 0. The lowest BCUT2D eigenvalue weighted by Crippen LogP contribution is -1.95. The quantitative estimate of drug-likeness (QED) is 0.829. The number of ether oxygens (including phenoxy) is 1. The summed E-state index contributed by atoms with van der Waals surface area (Å²) in [6.45, 7) is 0. The minimum absolute atomic E-state index is 0.289. The van der Waals surface area contributed by atoms with Crippen LogP contribution in [0.15, 0.2) is 24.4 Å². The number of rotatable bonds is 3. The number of nitrogens with one attached hydrogen (secondary N) is 1. The molecule has 5 heteroatoms. The van der Waals surface area contributed by atoms with Gasteiger partial charge in [0.1, 0.15) is 11.6 Å². The number of benzene rings is 1. The lowest BCUT2D eigenvalue weighted by molar-refractivity contribution is 0.409. The number of methoxy groups -OCH3 is 1. The Hall–Kier alpha value is -2.04. The lowest BCUT2D eigenvalue weighted by atomic mass is 10.1. The lowest BCUT2D eigenvalue weighted by Gasteiger charge is -2.07. The zero-order chi connectivity index (χ0) is 11.5. The van der Waals surface area contributed by atoms with E-state index in [0.29, 0.717) is 18.1 Å². The van der Waals surface area contributed by atoms with E-state index in [1.165, 1.54) is 12.1 Å². The third-order valence-corrected chi connectivity index (χ3v) is 2.27. The fourth-order valence-corrected chi connectivity index (χ4v) is 1.56. The summed E-state index contributed by atoms with van der Waals surface area (Å²) in [4.78, 5) is 6.76. The molecule has 0 amide bonds. The van der Waals surface area contributed by atoms with Gasteiger partial charge in [0.05, 0.1) is 13.3 Å². The highest BCUT2D eigenvalue weighted by Gasteiger charge is 2.07. The number of halogens is 1. The Morgan fingerprint density at radius 2 is 2.31 bits per heavy atom. The number of nitrogens with two attached hydrogens (primary N) is 1.